The number of hydrogen-bond acceptors (Lipinski definition) is 6. The molecule has 166 valence electrons. The van der Waals surface area contributed by atoms with Gasteiger partial charge in [0.15, 0.2) is 18.1 Å². The number of nitrogens with zero attached hydrogens (tertiary/aromatic N) is 2. The molecule has 0 radical (unpaired) electrons. The van der Waals surface area contributed by atoms with Crippen molar-refractivity contribution >= 4 is 23.5 Å². The van der Waals surface area contributed by atoms with Gasteiger partial charge in [-0.25, -0.2) is 4.79 Å². The van der Waals surface area contributed by atoms with Gasteiger partial charge in [0.05, 0.1) is 19.3 Å². The molecule has 1 fully saturated rings. The molecule has 31 heavy (non-hydrogen) atoms. The van der Waals surface area contributed by atoms with Crippen molar-refractivity contribution in [1.29, 1.82) is 0 Å². The minimum Gasteiger partial charge on any atom is -0.493 e. The van der Waals surface area contributed by atoms with Crippen LogP contribution in [0.5, 0.6) is 11.5 Å². The Morgan fingerprint density at radius 1 is 1.00 bits per heavy atom. The molecule has 7 nitrogen and oxygen atoms in total. The summed E-state index contributed by atoms with van der Waals surface area (Å²) in [5, 5.41) is 0.728. The molecule has 2 aromatic carbocycles. The monoisotopic (exact) mass is 446 g/mol. The van der Waals surface area contributed by atoms with Gasteiger partial charge in [0.2, 0.25) is 0 Å². The van der Waals surface area contributed by atoms with Gasteiger partial charge in [-0.3, -0.25) is 9.69 Å². The largest absolute Gasteiger partial charge is 0.493 e. The van der Waals surface area contributed by atoms with Crippen LogP contribution in [0.3, 0.4) is 0 Å². The maximum absolute atomic E-state index is 12.6. The summed E-state index contributed by atoms with van der Waals surface area (Å²) in [5.41, 5.74) is 1.57. The predicted octanol–water partition coefficient (Wildman–Crippen LogP) is 3.25. The van der Waals surface area contributed by atoms with Crippen LogP contribution < -0.4 is 9.47 Å². The molecule has 0 unspecified atom stereocenters. The van der Waals surface area contributed by atoms with Gasteiger partial charge >= 0.3 is 5.97 Å². The minimum atomic E-state index is -0.431. The second-order valence-corrected chi connectivity index (χ2v) is 7.59. The summed E-state index contributed by atoms with van der Waals surface area (Å²) >= 11 is 5.94. The average molecular weight is 447 g/mol. The van der Waals surface area contributed by atoms with Crippen LogP contribution in [0.2, 0.25) is 5.02 Å². The molecule has 0 saturated carbocycles. The van der Waals surface area contributed by atoms with Crippen molar-refractivity contribution in [3.63, 3.8) is 0 Å². The maximum Gasteiger partial charge on any atom is 0.338 e. The molecule has 0 atom stereocenters. The predicted molar refractivity (Wildman–Crippen MR) is 118 cm³/mol. The van der Waals surface area contributed by atoms with Crippen molar-refractivity contribution in [2.75, 3.05) is 46.5 Å². The molecule has 0 N–H and O–H groups in total. The first kappa shape index (κ1) is 22.9. The number of hydrogen-bond donors (Lipinski definition) is 0. The molecule has 0 bridgehead atoms. The Labute approximate surface area is 187 Å². The van der Waals surface area contributed by atoms with Crippen molar-refractivity contribution in [3.05, 3.63) is 58.6 Å². The third-order valence-corrected chi connectivity index (χ3v) is 5.32. The molecule has 8 heteroatoms. The summed E-state index contributed by atoms with van der Waals surface area (Å²) in [4.78, 5) is 28.6. The zero-order valence-corrected chi connectivity index (χ0v) is 18.6. The number of methoxy groups -OCH3 is 1. The summed E-state index contributed by atoms with van der Waals surface area (Å²) < 4.78 is 16.0. The fraction of sp³-hybridized carbons (Fsp3) is 0.391. The van der Waals surface area contributed by atoms with Crippen LogP contribution in [0, 0.1) is 0 Å². The second-order valence-electron chi connectivity index (χ2n) is 7.16. The highest BCUT2D eigenvalue weighted by Gasteiger charge is 2.22. The van der Waals surface area contributed by atoms with E-state index in [2.05, 4.69) is 4.90 Å². The van der Waals surface area contributed by atoms with E-state index in [4.69, 9.17) is 25.8 Å². The second kappa shape index (κ2) is 11.0. The van der Waals surface area contributed by atoms with E-state index in [0.29, 0.717) is 36.8 Å². The first-order chi connectivity index (χ1) is 15.0. The topological polar surface area (TPSA) is 68.3 Å². The number of ether oxygens (including phenoxy) is 3. The zero-order chi connectivity index (χ0) is 22.2. The molecule has 3 rings (SSSR count). The molecule has 0 spiro atoms. The van der Waals surface area contributed by atoms with Gasteiger partial charge < -0.3 is 19.1 Å². The SMILES string of the molecule is CCOC(=O)c1ccc(OCC(=O)N2CCN(Cc3ccc(Cl)cc3)CC2)c(OC)c1. The van der Waals surface area contributed by atoms with Crippen LogP contribution in [0.1, 0.15) is 22.8 Å². The third-order valence-electron chi connectivity index (χ3n) is 5.07. The Morgan fingerprint density at radius 3 is 2.35 bits per heavy atom. The highest BCUT2D eigenvalue weighted by molar-refractivity contribution is 6.30. The summed E-state index contributed by atoms with van der Waals surface area (Å²) in [7, 11) is 1.48. The number of rotatable bonds is 8. The molecule has 1 aliphatic heterocycles. The van der Waals surface area contributed by atoms with Gasteiger partial charge in [-0.1, -0.05) is 23.7 Å². The molecule has 2 aromatic rings. The Hall–Kier alpha value is -2.77. The number of carbonyl (C=O) groups excluding carboxylic acids is 2. The number of piperazine rings is 1. The van der Waals surface area contributed by atoms with Crippen LogP contribution in [-0.2, 0) is 16.1 Å². The summed E-state index contributed by atoms with van der Waals surface area (Å²) in [6.07, 6.45) is 0. The lowest BCUT2D eigenvalue weighted by atomic mass is 10.2. The van der Waals surface area contributed by atoms with E-state index in [1.54, 1.807) is 30.0 Å². The van der Waals surface area contributed by atoms with Gasteiger partial charge in [0.25, 0.3) is 5.91 Å². The van der Waals surface area contributed by atoms with Crippen LogP contribution in [0.4, 0.5) is 0 Å². The Balaban J connectivity index is 1.49. The average Bonchev–Trinajstić information content (AvgIpc) is 2.79. The zero-order valence-electron chi connectivity index (χ0n) is 17.8. The molecule has 1 saturated heterocycles. The van der Waals surface area contributed by atoms with Crippen molar-refractivity contribution < 1.29 is 23.8 Å². The van der Waals surface area contributed by atoms with Gasteiger partial charge in [0.1, 0.15) is 0 Å². The first-order valence-electron chi connectivity index (χ1n) is 10.2. The van der Waals surface area contributed by atoms with E-state index < -0.39 is 5.97 Å². The molecule has 1 amide bonds. The summed E-state index contributed by atoms with van der Waals surface area (Å²) in [6, 6.07) is 12.6. The van der Waals surface area contributed by atoms with E-state index in [9.17, 15) is 9.59 Å². The molecule has 1 heterocycles. The molecule has 0 aliphatic carbocycles. The quantitative estimate of drug-likeness (QED) is 0.580. The van der Waals surface area contributed by atoms with Gasteiger partial charge in [-0.15, -0.1) is 0 Å². The van der Waals surface area contributed by atoms with E-state index in [0.717, 1.165) is 24.7 Å². The lowest BCUT2D eigenvalue weighted by molar-refractivity contribution is -0.135. The minimum absolute atomic E-state index is 0.0809. The maximum atomic E-state index is 12.6. The molecule has 0 aromatic heterocycles. The van der Waals surface area contributed by atoms with E-state index >= 15 is 0 Å². The highest BCUT2D eigenvalue weighted by atomic mass is 35.5. The Kier molecular flexibility index (Phi) is 8.14. The van der Waals surface area contributed by atoms with Crippen molar-refractivity contribution in [2.45, 2.75) is 13.5 Å². The Bertz CT molecular complexity index is 895. The van der Waals surface area contributed by atoms with Crippen molar-refractivity contribution in [3.8, 4) is 11.5 Å². The summed E-state index contributed by atoms with van der Waals surface area (Å²) in [5.74, 6) is 0.277. The first-order valence-corrected chi connectivity index (χ1v) is 10.6. The lowest BCUT2D eigenvalue weighted by Gasteiger charge is -2.34. The van der Waals surface area contributed by atoms with Crippen LogP contribution >= 0.6 is 11.6 Å². The molecular formula is C23H27ClN2O5. The van der Waals surface area contributed by atoms with Crippen molar-refractivity contribution in [1.82, 2.24) is 9.80 Å². The van der Waals surface area contributed by atoms with Gasteiger partial charge in [0, 0.05) is 37.7 Å². The smallest absolute Gasteiger partial charge is 0.338 e. The number of amides is 1. The van der Waals surface area contributed by atoms with Crippen LogP contribution in [0.25, 0.3) is 0 Å². The van der Waals surface area contributed by atoms with E-state index in [1.807, 2.05) is 24.3 Å². The van der Waals surface area contributed by atoms with Crippen molar-refractivity contribution in [2.24, 2.45) is 0 Å². The summed E-state index contributed by atoms with van der Waals surface area (Å²) in [6.45, 7) is 5.67. The number of halogens is 1. The standard InChI is InChI=1S/C23H27ClN2O5/c1-3-30-23(28)18-6-9-20(21(14-18)29-2)31-16-22(27)26-12-10-25(11-13-26)15-17-4-7-19(24)8-5-17/h4-9,14H,3,10-13,15-16H2,1-2H3. The third kappa shape index (κ3) is 6.35. The number of esters is 1. The fourth-order valence-corrected chi connectivity index (χ4v) is 3.49. The Morgan fingerprint density at radius 2 is 1.71 bits per heavy atom. The molecular weight excluding hydrogens is 420 g/mol. The number of benzene rings is 2. The van der Waals surface area contributed by atoms with Crippen LogP contribution in [0.15, 0.2) is 42.5 Å². The highest BCUT2D eigenvalue weighted by Crippen LogP contribution is 2.28. The van der Waals surface area contributed by atoms with E-state index in [-0.39, 0.29) is 12.5 Å². The van der Waals surface area contributed by atoms with Crippen LogP contribution in [-0.4, -0.2) is 68.2 Å². The fourth-order valence-electron chi connectivity index (χ4n) is 3.36. The normalized spacial score (nSPS) is 14.2. The number of carbonyl (C=O) groups is 2. The van der Waals surface area contributed by atoms with Gasteiger partial charge in [-0.2, -0.15) is 0 Å². The lowest BCUT2D eigenvalue weighted by Crippen LogP contribution is -2.49. The van der Waals surface area contributed by atoms with E-state index in [1.165, 1.54) is 12.7 Å². The molecule has 1 aliphatic rings. The van der Waals surface area contributed by atoms with Gasteiger partial charge in [-0.05, 0) is 42.8 Å².